The van der Waals surface area contributed by atoms with Crippen LogP contribution in [0.5, 0.6) is 0 Å². The van der Waals surface area contributed by atoms with Crippen molar-refractivity contribution >= 4 is 11.8 Å². The van der Waals surface area contributed by atoms with Crippen molar-refractivity contribution in [3.8, 4) is 0 Å². The number of carbonyl (C=O) groups is 2. The van der Waals surface area contributed by atoms with Crippen LogP contribution in [-0.2, 0) is 19.5 Å². The molecule has 31 heavy (non-hydrogen) atoms. The van der Waals surface area contributed by atoms with Gasteiger partial charge in [-0.05, 0) is 24.0 Å². The van der Waals surface area contributed by atoms with E-state index in [-0.39, 0.29) is 11.1 Å². The normalized spacial score (nSPS) is 10.5. The molecule has 1 heterocycles. The number of hydrogen-bond acceptors (Lipinski definition) is 3. The van der Waals surface area contributed by atoms with Crippen molar-refractivity contribution in [1.29, 1.82) is 0 Å². The molecule has 160 valence electrons. The third-order valence-corrected chi connectivity index (χ3v) is 5.12. The lowest BCUT2D eigenvalue weighted by Gasteiger charge is -2.18. The van der Waals surface area contributed by atoms with Gasteiger partial charge < -0.3 is 14.8 Å². The maximum Gasteiger partial charge on any atom is 0.259 e. The fraction of sp³-hybridized carbons (Fsp3) is 0.240. The zero-order chi connectivity index (χ0) is 22.2. The first-order valence-electron chi connectivity index (χ1n) is 10.3. The molecule has 0 spiro atoms. The average molecular weight is 418 g/mol. The number of nitrogens with zero attached hydrogens (tertiary/aromatic N) is 2. The fourth-order valence-corrected chi connectivity index (χ4v) is 3.45. The van der Waals surface area contributed by atoms with Crippen molar-refractivity contribution in [2.75, 3.05) is 14.1 Å². The standard InChI is InChI=1S/C25H27N3O3/c1-26-24(30)21-17-28(15-9-14-19-10-5-3-6-11-19)18-22(23(21)29)25(31)27(2)16-20-12-7-4-8-13-20/h3-8,10-13,17-18H,9,14-16H2,1-2H3,(H,26,30). The Labute approximate surface area is 182 Å². The zero-order valence-electron chi connectivity index (χ0n) is 17.9. The van der Waals surface area contributed by atoms with Gasteiger partial charge in [0.15, 0.2) is 0 Å². The van der Waals surface area contributed by atoms with E-state index in [2.05, 4.69) is 17.4 Å². The Morgan fingerprint density at radius 3 is 2.10 bits per heavy atom. The Hall–Kier alpha value is -3.67. The number of hydrogen-bond donors (Lipinski definition) is 1. The largest absolute Gasteiger partial charge is 0.355 e. The number of rotatable bonds is 8. The summed E-state index contributed by atoms with van der Waals surface area (Å²) in [5, 5.41) is 2.49. The minimum atomic E-state index is -0.552. The van der Waals surface area contributed by atoms with Crippen LogP contribution in [0.25, 0.3) is 0 Å². The summed E-state index contributed by atoms with van der Waals surface area (Å²) in [5.74, 6) is -0.904. The highest BCUT2D eigenvalue weighted by Crippen LogP contribution is 2.09. The summed E-state index contributed by atoms with van der Waals surface area (Å²) in [6.45, 7) is 0.958. The summed E-state index contributed by atoms with van der Waals surface area (Å²) >= 11 is 0. The van der Waals surface area contributed by atoms with E-state index < -0.39 is 17.2 Å². The average Bonchev–Trinajstić information content (AvgIpc) is 2.80. The molecule has 3 rings (SSSR count). The van der Waals surface area contributed by atoms with Gasteiger partial charge in [0.2, 0.25) is 5.43 Å². The summed E-state index contributed by atoms with van der Waals surface area (Å²) in [6, 6.07) is 19.7. The highest BCUT2D eigenvalue weighted by molar-refractivity contribution is 5.98. The molecule has 2 amide bonds. The van der Waals surface area contributed by atoms with Crippen molar-refractivity contribution in [1.82, 2.24) is 14.8 Å². The Kier molecular flexibility index (Phi) is 7.38. The van der Waals surface area contributed by atoms with Gasteiger partial charge in [0.1, 0.15) is 11.1 Å². The van der Waals surface area contributed by atoms with Gasteiger partial charge >= 0.3 is 0 Å². The van der Waals surface area contributed by atoms with E-state index in [0.29, 0.717) is 13.1 Å². The first-order valence-corrected chi connectivity index (χ1v) is 10.3. The Balaban J connectivity index is 1.83. The van der Waals surface area contributed by atoms with Crippen molar-refractivity contribution < 1.29 is 9.59 Å². The van der Waals surface area contributed by atoms with Gasteiger partial charge in [0.25, 0.3) is 11.8 Å². The maximum absolute atomic E-state index is 13.1. The van der Waals surface area contributed by atoms with Crippen LogP contribution < -0.4 is 10.7 Å². The molecular weight excluding hydrogens is 390 g/mol. The number of benzene rings is 2. The molecule has 1 aromatic heterocycles. The second kappa shape index (κ2) is 10.4. The van der Waals surface area contributed by atoms with E-state index in [0.717, 1.165) is 18.4 Å². The second-order valence-corrected chi connectivity index (χ2v) is 7.47. The molecule has 0 aliphatic rings. The summed E-state index contributed by atoms with van der Waals surface area (Å²) < 4.78 is 1.76. The van der Waals surface area contributed by atoms with Crippen LogP contribution in [0.1, 0.15) is 38.3 Å². The fourth-order valence-electron chi connectivity index (χ4n) is 3.45. The van der Waals surface area contributed by atoms with Gasteiger partial charge in [-0.1, -0.05) is 60.7 Å². The van der Waals surface area contributed by atoms with Crippen LogP contribution in [-0.4, -0.2) is 35.4 Å². The van der Waals surface area contributed by atoms with Crippen molar-refractivity contribution in [3.05, 3.63) is 106 Å². The van der Waals surface area contributed by atoms with Gasteiger partial charge in [-0.15, -0.1) is 0 Å². The van der Waals surface area contributed by atoms with Crippen molar-refractivity contribution in [3.63, 3.8) is 0 Å². The number of pyridine rings is 1. The Morgan fingerprint density at radius 2 is 1.48 bits per heavy atom. The smallest absolute Gasteiger partial charge is 0.259 e. The number of carbonyl (C=O) groups excluding carboxylic acids is 2. The first kappa shape index (κ1) is 22.0. The third kappa shape index (κ3) is 5.69. The molecule has 6 nitrogen and oxygen atoms in total. The van der Waals surface area contributed by atoms with Crippen LogP contribution in [0.4, 0.5) is 0 Å². The van der Waals surface area contributed by atoms with Crippen molar-refractivity contribution in [2.45, 2.75) is 25.9 Å². The summed E-state index contributed by atoms with van der Waals surface area (Å²) in [6.07, 6.45) is 4.76. The van der Waals surface area contributed by atoms with Crippen LogP contribution in [0, 0.1) is 0 Å². The van der Waals surface area contributed by atoms with Gasteiger partial charge in [0, 0.05) is 39.6 Å². The molecule has 1 N–H and O–H groups in total. The molecule has 0 saturated carbocycles. The minimum Gasteiger partial charge on any atom is -0.355 e. The van der Waals surface area contributed by atoms with Crippen molar-refractivity contribution in [2.24, 2.45) is 0 Å². The number of aryl methyl sites for hydroxylation is 2. The Bertz CT molecular complexity index is 1090. The number of amides is 2. The van der Waals surface area contributed by atoms with Crippen LogP contribution in [0.2, 0.25) is 0 Å². The lowest BCUT2D eigenvalue weighted by molar-refractivity contribution is 0.0783. The monoisotopic (exact) mass is 417 g/mol. The quantitative estimate of drug-likeness (QED) is 0.612. The van der Waals surface area contributed by atoms with E-state index in [9.17, 15) is 14.4 Å². The number of nitrogens with one attached hydrogen (secondary N) is 1. The van der Waals surface area contributed by atoms with Gasteiger partial charge in [-0.25, -0.2) is 0 Å². The first-order chi connectivity index (χ1) is 15.0. The highest BCUT2D eigenvalue weighted by Gasteiger charge is 2.21. The molecule has 2 aromatic carbocycles. The van der Waals surface area contributed by atoms with Crippen LogP contribution in [0.15, 0.2) is 77.9 Å². The molecule has 3 aromatic rings. The molecular formula is C25H27N3O3. The van der Waals surface area contributed by atoms with E-state index in [4.69, 9.17) is 0 Å². The Morgan fingerprint density at radius 1 is 0.903 bits per heavy atom. The molecule has 0 atom stereocenters. The van der Waals surface area contributed by atoms with Gasteiger partial charge in [0.05, 0.1) is 0 Å². The highest BCUT2D eigenvalue weighted by atomic mass is 16.2. The SMILES string of the molecule is CNC(=O)c1cn(CCCc2ccccc2)cc(C(=O)N(C)Cc2ccccc2)c1=O. The summed E-state index contributed by atoms with van der Waals surface area (Å²) in [4.78, 5) is 39.7. The molecule has 0 aliphatic heterocycles. The summed E-state index contributed by atoms with van der Waals surface area (Å²) in [7, 11) is 3.12. The summed E-state index contributed by atoms with van der Waals surface area (Å²) in [5.41, 5.74) is 1.60. The zero-order valence-corrected chi connectivity index (χ0v) is 17.9. The molecule has 0 fully saturated rings. The maximum atomic E-state index is 13.1. The topological polar surface area (TPSA) is 71.4 Å². The predicted octanol–water partition coefficient (Wildman–Crippen LogP) is 3.11. The molecule has 0 unspecified atom stereocenters. The van der Waals surface area contributed by atoms with Gasteiger partial charge in [-0.3, -0.25) is 14.4 Å². The van der Waals surface area contributed by atoms with E-state index in [1.54, 1.807) is 17.8 Å². The molecule has 0 saturated heterocycles. The lowest BCUT2D eigenvalue weighted by atomic mass is 10.1. The van der Waals surface area contributed by atoms with E-state index >= 15 is 0 Å². The molecule has 0 radical (unpaired) electrons. The predicted molar refractivity (Wildman–Crippen MR) is 121 cm³/mol. The van der Waals surface area contributed by atoms with Gasteiger partial charge in [-0.2, -0.15) is 0 Å². The number of aromatic nitrogens is 1. The molecule has 0 bridgehead atoms. The van der Waals surface area contributed by atoms with Crippen LogP contribution >= 0.6 is 0 Å². The van der Waals surface area contributed by atoms with E-state index in [1.165, 1.54) is 23.7 Å². The molecule has 0 aliphatic carbocycles. The minimum absolute atomic E-state index is 0.000702. The second-order valence-electron chi connectivity index (χ2n) is 7.47. The third-order valence-electron chi connectivity index (χ3n) is 5.12. The van der Waals surface area contributed by atoms with Crippen LogP contribution in [0.3, 0.4) is 0 Å². The molecule has 6 heteroatoms. The lowest BCUT2D eigenvalue weighted by Crippen LogP contribution is -2.35. The van der Waals surface area contributed by atoms with E-state index in [1.807, 2.05) is 48.5 Å².